The number of hydrogen-bond donors (Lipinski definition) is 0. The monoisotopic (exact) mass is 324 g/mol. The summed E-state index contributed by atoms with van der Waals surface area (Å²) in [6.45, 7) is 5.56. The fourth-order valence-electron chi connectivity index (χ4n) is 3.19. The molecule has 4 heteroatoms. The molecule has 0 N–H and O–H groups in total. The van der Waals surface area contributed by atoms with Crippen LogP contribution in [0, 0.1) is 0 Å². The summed E-state index contributed by atoms with van der Waals surface area (Å²) in [6, 6.07) is 20.2. The summed E-state index contributed by atoms with van der Waals surface area (Å²) in [5.74, 6) is -0.140. The zero-order valence-corrected chi connectivity index (χ0v) is 14.1. The molecule has 1 aliphatic rings. The van der Waals surface area contributed by atoms with Gasteiger partial charge in [0, 0.05) is 31.9 Å². The van der Waals surface area contributed by atoms with E-state index in [0.29, 0.717) is 13.2 Å². The zero-order valence-electron chi connectivity index (χ0n) is 14.1. The molecule has 24 heavy (non-hydrogen) atoms. The topological polar surface area (TPSA) is 32.8 Å². The van der Waals surface area contributed by atoms with Crippen molar-refractivity contribution in [3.05, 3.63) is 66.2 Å². The van der Waals surface area contributed by atoms with Gasteiger partial charge in [-0.25, -0.2) is 4.79 Å². The summed E-state index contributed by atoms with van der Waals surface area (Å²) >= 11 is 0. The number of anilines is 1. The normalized spacial score (nSPS) is 18.4. The van der Waals surface area contributed by atoms with Crippen LogP contribution in [0.15, 0.2) is 60.7 Å². The molecule has 1 unspecified atom stereocenters. The Hall–Kier alpha value is -2.33. The summed E-state index contributed by atoms with van der Waals surface area (Å²) in [4.78, 5) is 17.0. The van der Waals surface area contributed by atoms with Crippen LogP contribution in [0.5, 0.6) is 0 Å². The molecule has 0 spiro atoms. The molecule has 1 heterocycles. The van der Waals surface area contributed by atoms with E-state index in [1.165, 1.54) is 5.56 Å². The van der Waals surface area contributed by atoms with E-state index in [1.807, 2.05) is 31.2 Å². The highest BCUT2D eigenvalue weighted by Gasteiger charge is 2.33. The van der Waals surface area contributed by atoms with E-state index in [4.69, 9.17) is 4.74 Å². The number of esters is 1. The lowest BCUT2D eigenvalue weighted by atomic mass is 10.1. The van der Waals surface area contributed by atoms with E-state index in [2.05, 4.69) is 46.2 Å². The van der Waals surface area contributed by atoms with Crippen molar-refractivity contribution in [2.45, 2.75) is 19.5 Å². The third-order valence-electron chi connectivity index (χ3n) is 4.36. The second kappa shape index (κ2) is 7.97. The van der Waals surface area contributed by atoms with Crippen LogP contribution in [0.25, 0.3) is 0 Å². The third kappa shape index (κ3) is 3.95. The molecule has 0 radical (unpaired) electrons. The minimum atomic E-state index is -0.259. The van der Waals surface area contributed by atoms with Crippen molar-refractivity contribution in [1.82, 2.24) is 4.90 Å². The largest absolute Gasteiger partial charge is 0.464 e. The van der Waals surface area contributed by atoms with Crippen molar-refractivity contribution >= 4 is 11.7 Å². The second-order valence-electron chi connectivity index (χ2n) is 6.02. The van der Waals surface area contributed by atoms with Gasteiger partial charge in [0.25, 0.3) is 0 Å². The van der Waals surface area contributed by atoms with Gasteiger partial charge in [-0.2, -0.15) is 0 Å². The van der Waals surface area contributed by atoms with Gasteiger partial charge in [0.2, 0.25) is 0 Å². The van der Waals surface area contributed by atoms with E-state index >= 15 is 0 Å². The van der Waals surface area contributed by atoms with Gasteiger partial charge in [-0.3, -0.25) is 4.90 Å². The van der Waals surface area contributed by atoms with Crippen LogP contribution in [0.2, 0.25) is 0 Å². The maximum atomic E-state index is 12.5. The van der Waals surface area contributed by atoms with Gasteiger partial charge in [0.1, 0.15) is 6.04 Å². The lowest BCUT2D eigenvalue weighted by Crippen LogP contribution is -2.56. The van der Waals surface area contributed by atoms with Crippen LogP contribution < -0.4 is 4.90 Å². The first kappa shape index (κ1) is 16.5. The Kier molecular flexibility index (Phi) is 5.49. The molecule has 1 atom stereocenters. The predicted octanol–water partition coefficient (Wildman–Crippen LogP) is 2.94. The molecule has 126 valence electrons. The van der Waals surface area contributed by atoms with Crippen LogP contribution in [0.4, 0.5) is 5.69 Å². The van der Waals surface area contributed by atoms with Gasteiger partial charge >= 0.3 is 5.97 Å². The summed E-state index contributed by atoms with van der Waals surface area (Å²) in [7, 11) is 0. The smallest absolute Gasteiger partial charge is 0.330 e. The van der Waals surface area contributed by atoms with Crippen LogP contribution >= 0.6 is 0 Å². The molecule has 2 aromatic rings. The van der Waals surface area contributed by atoms with Gasteiger partial charge in [0.05, 0.1) is 6.61 Å². The highest BCUT2D eigenvalue weighted by Crippen LogP contribution is 2.22. The average molecular weight is 324 g/mol. The van der Waals surface area contributed by atoms with Crippen LogP contribution in [-0.2, 0) is 16.1 Å². The maximum absolute atomic E-state index is 12.5. The lowest BCUT2D eigenvalue weighted by Gasteiger charge is -2.41. The first-order valence-electron chi connectivity index (χ1n) is 8.52. The molecule has 2 aromatic carbocycles. The highest BCUT2D eigenvalue weighted by atomic mass is 16.5. The second-order valence-corrected chi connectivity index (χ2v) is 6.02. The van der Waals surface area contributed by atoms with Gasteiger partial charge in [0.15, 0.2) is 0 Å². The van der Waals surface area contributed by atoms with Crippen LogP contribution in [-0.4, -0.2) is 43.2 Å². The van der Waals surface area contributed by atoms with Gasteiger partial charge in [-0.1, -0.05) is 48.5 Å². The Bertz CT molecular complexity index is 645. The first-order chi connectivity index (χ1) is 11.8. The van der Waals surface area contributed by atoms with Crippen molar-refractivity contribution < 1.29 is 9.53 Å². The number of ether oxygens (including phenoxy) is 1. The Morgan fingerprint density at radius 3 is 2.38 bits per heavy atom. The van der Waals surface area contributed by atoms with E-state index in [-0.39, 0.29) is 12.0 Å². The molecule has 1 saturated heterocycles. The molecular formula is C20H24N2O2. The van der Waals surface area contributed by atoms with E-state index in [1.54, 1.807) is 0 Å². The van der Waals surface area contributed by atoms with Crippen molar-refractivity contribution in [1.29, 1.82) is 0 Å². The fraction of sp³-hybridized carbons (Fsp3) is 0.350. The number of nitrogens with zero attached hydrogens (tertiary/aromatic N) is 2. The highest BCUT2D eigenvalue weighted by molar-refractivity contribution is 5.80. The molecule has 0 aliphatic carbocycles. The number of para-hydroxylation sites is 1. The quantitative estimate of drug-likeness (QED) is 0.792. The standard InChI is InChI=1S/C20H24N2O2/c1-2-24-20(23)19-16-21(15-17-9-5-3-6-10-17)13-14-22(19)18-11-7-4-8-12-18/h3-12,19H,2,13-16H2,1H3. The van der Waals surface area contributed by atoms with Gasteiger partial charge in [-0.05, 0) is 24.6 Å². The Morgan fingerprint density at radius 1 is 1.04 bits per heavy atom. The van der Waals surface area contributed by atoms with Crippen molar-refractivity contribution in [2.24, 2.45) is 0 Å². The molecule has 0 aromatic heterocycles. The van der Waals surface area contributed by atoms with Crippen molar-refractivity contribution in [3.8, 4) is 0 Å². The Morgan fingerprint density at radius 2 is 1.71 bits per heavy atom. The summed E-state index contributed by atoms with van der Waals surface area (Å²) < 4.78 is 5.32. The van der Waals surface area contributed by atoms with E-state index < -0.39 is 0 Å². The number of benzene rings is 2. The maximum Gasteiger partial charge on any atom is 0.330 e. The summed E-state index contributed by atoms with van der Waals surface area (Å²) in [5.41, 5.74) is 2.35. The van der Waals surface area contributed by atoms with Gasteiger partial charge in [-0.15, -0.1) is 0 Å². The molecule has 0 bridgehead atoms. The molecule has 1 fully saturated rings. The summed E-state index contributed by atoms with van der Waals surface area (Å²) in [5, 5.41) is 0. The number of hydrogen-bond acceptors (Lipinski definition) is 4. The molecule has 0 saturated carbocycles. The fourth-order valence-corrected chi connectivity index (χ4v) is 3.19. The summed E-state index contributed by atoms with van der Waals surface area (Å²) in [6.07, 6.45) is 0. The lowest BCUT2D eigenvalue weighted by molar-refractivity contribution is -0.145. The Labute approximate surface area is 143 Å². The van der Waals surface area contributed by atoms with Gasteiger partial charge < -0.3 is 9.64 Å². The minimum absolute atomic E-state index is 0.140. The van der Waals surface area contributed by atoms with Crippen LogP contribution in [0.3, 0.4) is 0 Å². The van der Waals surface area contributed by atoms with Crippen LogP contribution in [0.1, 0.15) is 12.5 Å². The molecule has 1 aliphatic heterocycles. The average Bonchev–Trinajstić information content (AvgIpc) is 2.63. The van der Waals surface area contributed by atoms with Crippen molar-refractivity contribution in [3.63, 3.8) is 0 Å². The molecular weight excluding hydrogens is 300 g/mol. The molecule has 3 rings (SSSR count). The first-order valence-corrected chi connectivity index (χ1v) is 8.52. The van der Waals surface area contributed by atoms with Crippen molar-refractivity contribution in [2.75, 3.05) is 31.1 Å². The van der Waals surface area contributed by atoms with E-state index in [9.17, 15) is 4.79 Å². The third-order valence-corrected chi connectivity index (χ3v) is 4.36. The number of carbonyl (C=O) groups is 1. The predicted molar refractivity (Wildman–Crippen MR) is 95.9 cm³/mol. The van der Waals surface area contributed by atoms with E-state index in [0.717, 1.165) is 25.3 Å². The molecule has 0 amide bonds. The number of piperazine rings is 1. The minimum Gasteiger partial charge on any atom is -0.464 e. The number of rotatable bonds is 5. The number of carbonyl (C=O) groups excluding carboxylic acids is 1. The Balaban J connectivity index is 1.75. The SMILES string of the molecule is CCOC(=O)C1CN(Cc2ccccc2)CCN1c1ccccc1. The zero-order chi connectivity index (χ0) is 16.8. The molecule has 4 nitrogen and oxygen atoms in total.